The highest BCUT2D eigenvalue weighted by Crippen LogP contribution is 2.23. The summed E-state index contributed by atoms with van der Waals surface area (Å²) in [6.45, 7) is 2.11. The number of aliphatic hydroxyl groups excluding tert-OH is 1. The van der Waals surface area contributed by atoms with Crippen molar-refractivity contribution >= 4 is 26.0 Å². The number of hydrogen-bond acceptors (Lipinski definition) is 4. The highest BCUT2D eigenvalue weighted by atomic mass is 79.9. The first-order chi connectivity index (χ1) is 9.44. The summed E-state index contributed by atoms with van der Waals surface area (Å²) >= 11 is 3.23. The Morgan fingerprint density at radius 3 is 2.70 bits per heavy atom. The molecular formula is C13H20BrNO4S. The van der Waals surface area contributed by atoms with Crippen LogP contribution < -0.4 is 4.72 Å². The average Bonchev–Trinajstić information content (AvgIpc) is 2.39. The Balaban J connectivity index is 3.03. The fourth-order valence-electron chi connectivity index (χ4n) is 1.86. The van der Waals surface area contributed by atoms with Gasteiger partial charge in [-0.25, -0.2) is 13.1 Å². The first-order valence-electron chi connectivity index (χ1n) is 6.35. The average molecular weight is 366 g/mol. The van der Waals surface area contributed by atoms with Crippen LogP contribution in [0.3, 0.4) is 0 Å². The minimum atomic E-state index is -3.66. The van der Waals surface area contributed by atoms with Crippen LogP contribution in [0.15, 0.2) is 27.6 Å². The zero-order valence-electron chi connectivity index (χ0n) is 11.6. The van der Waals surface area contributed by atoms with Crippen molar-refractivity contribution in [2.75, 3.05) is 13.7 Å². The van der Waals surface area contributed by atoms with Crippen LogP contribution in [0.2, 0.25) is 0 Å². The lowest BCUT2D eigenvalue weighted by Crippen LogP contribution is -2.38. The van der Waals surface area contributed by atoms with Crippen molar-refractivity contribution in [3.8, 4) is 0 Å². The molecule has 1 aromatic carbocycles. The number of sulfonamides is 1. The topological polar surface area (TPSA) is 75.6 Å². The molecule has 0 aliphatic rings. The van der Waals surface area contributed by atoms with Crippen LogP contribution in [0.25, 0.3) is 0 Å². The highest BCUT2D eigenvalue weighted by Gasteiger charge is 2.22. The summed E-state index contributed by atoms with van der Waals surface area (Å²) in [5, 5.41) is 9.12. The number of hydrogen-bond donors (Lipinski definition) is 2. The molecule has 0 spiro atoms. The lowest BCUT2D eigenvalue weighted by atomic mass is 10.2. The van der Waals surface area contributed by atoms with Gasteiger partial charge in [0.25, 0.3) is 0 Å². The van der Waals surface area contributed by atoms with Crippen LogP contribution in [0.5, 0.6) is 0 Å². The second-order valence-electron chi connectivity index (χ2n) is 4.49. The molecule has 1 unspecified atom stereocenters. The molecule has 2 N–H and O–H groups in total. The molecule has 0 aliphatic carbocycles. The van der Waals surface area contributed by atoms with E-state index in [4.69, 9.17) is 9.84 Å². The molecule has 1 atom stereocenters. The van der Waals surface area contributed by atoms with Gasteiger partial charge in [-0.1, -0.05) is 19.4 Å². The molecule has 1 aromatic rings. The summed E-state index contributed by atoms with van der Waals surface area (Å²) in [6.07, 6.45) is 1.55. The number of benzene rings is 1. The smallest absolute Gasteiger partial charge is 0.242 e. The van der Waals surface area contributed by atoms with Gasteiger partial charge in [0, 0.05) is 17.6 Å². The van der Waals surface area contributed by atoms with E-state index in [0.29, 0.717) is 23.1 Å². The quantitative estimate of drug-likeness (QED) is 0.738. The monoisotopic (exact) mass is 365 g/mol. The van der Waals surface area contributed by atoms with Gasteiger partial charge in [-0.15, -0.1) is 0 Å². The standard InChI is InChI=1S/C13H20BrNO4S/c1-3-4-11(9-19-2)15-20(17,18)13-7-10(8-16)5-6-12(13)14/h5-7,11,15-16H,3-4,8-9H2,1-2H3. The Morgan fingerprint density at radius 1 is 1.45 bits per heavy atom. The Bertz CT molecular complexity index is 527. The number of halogens is 1. The largest absolute Gasteiger partial charge is 0.392 e. The summed E-state index contributed by atoms with van der Waals surface area (Å²) in [7, 11) is -2.11. The normalized spacial score (nSPS) is 13.4. The van der Waals surface area contributed by atoms with Crippen molar-refractivity contribution in [2.45, 2.75) is 37.3 Å². The Labute approximate surface area is 128 Å². The number of methoxy groups -OCH3 is 1. The summed E-state index contributed by atoms with van der Waals surface area (Å²) < 4.78 is 32.9. The summed E-state index contributed by atoms with van der Waals surface area (Å²) in [6, 6.07) is 4.48. The van der Waals surface area contributed by atoms with Gasteiger partial charge in [-0.05, 0) is 40.0 Å². The molecule has 1 rings (SSSR count). The Hall–Kier alpha value is -0.470. The van der Waals surface area contributed by atoms with E-state index in [-0.39, 0.29) is 17.5 Å². The minimum Gasteiger partial charge on any atom is -0.392 e. The second-order valence-corrected chi connectivity index (χ2v) is 7.02. The van der Waals surface area contributed by atoms with E-state index >= 15 is 0 Å². The number of nitrogens with one attached hydrogen (secondary N) is 1. The van der Waals surface area contributed by atoms with E-state index < -0.39 is 10.0 Å². The highest BCUT2D eigenvalue weighted by molar-refractivity contribution is 9.10. The van der Waals surface area contributed by atoms with Gasteiger partial charge in [-0.2, -0.15) is 0 Å². The van der Waals surface area contributed by atoms with Gasteiger partial charge in [-0.3, -0.25) is 0 Å². The van der Waals surface area contributed by atoms with E-state index in [2.05, 4.69) is 20.7 Å². The number of rotatable bonds is 8. The van der Waals surface area contributed by atoms with Crippen LogP contribution >= 0.6 is 15.9 Å². The Morgan fingerprint density at radius 2 is 2.15 bits per heavy atom. The molecule has 0 saturated heterocycles. The third-order valence-electron chi connectivity index (χ3n) is 2.79. The van der Waals surface area contributed by atoms with Crippen LogP contribution in [0.4, 0.5) is 0 Å². The van der Waals surface area contributed by atoms with Gasteiger partial charge in [0.05, 0.1) is 18.1 Å². The third kappa shape index (κ3) is 4.82. The van der Waals surface area contributed by atoms with Crippen LogP contribution in [0.1, 0.15) is 25.3 Å². The first kappa shape index (κ1) is 17.6. The van der Waals surface area contributed by atoms with Crippen molar-refractivity contribution in [3.05, 3.63) is 28.2 Å². The van der Waals surface area contributed by atoms with E-state index in [0.717, 1.165) is 6.42 Å². The molecule has 0 amide bonds. The van der Waals surface area contributed by atoms with E-state index in [9.17, 15) is 8.42 Å². The van der Waals surface area contributed by atoms with Gasteiger partial charge in [0.1, 0.15) is 0 Å². The maximum absolute atomic E-state index is 12.4. The van der Waals surface area contributed by atoms with Crippen molar-refractivity contribution < 1.29 is 18.3 Å². The maximum atomic E-state index is 12.4. The molecule has 0 fully saturated rings. The summed E-state index contributed by atoms with van der Waals surface area (Å²) in [5.74, 6) is 0. The first-order valence-corrected chi connectivity index (χ1v) is 8.62. The molecule has 0 heterocycles. The zero-order chi connectivity index (χ0) is 15.2. The van der Waals surface area contributed by atoms with Gasteiger partial charge in [0.15, 0.2) is 0 Å². The van der Waals surface area contributed by atoms with E-state index in [1.807, 2.05) is 6.92 Å². The molecule has 7 heteroatoms. The SMILES string of the molecule is CCCC(COC)NS(=O)(=O)c1cc(CO)ccc1Br. The lowest BCUT2D eigenvalue weighted by Gasteiger charge is -2.18. The third-order valence-corrected chi connectivity index (χ3v) is 5.31. The van der Waals surface area contributed by atoms with Gasteiger partial charge in [0.2, 0.25) is 10.0 Å². The molecular weight excluding hydrogens is 346 g/mol. The number of aliphatic hydroxyl groups is 1. The van der Waals surface area contributed by atoms with E-state index in [1.54, 1.807) is 19.2 Å². The van der Waals surface area contributed by atoms with Crippen molar-refractivity contribution in [2.24, 2.45) is 0 Å². The molecule has 0 aliphatic heterocycles. The summed E-state index contributed by atoms with van der Waals surface area (Å²) in [4.78, 5) is 0.126. The van der Waals surface area contributed by atoms with Crippen molar-refractivity contribution in [1.29, 1.82) is 0 Å². The molecule has 0 saturated carbocycles. The Kier molecular flexibility index (Phi) is 7.11. The van der Waals surface area contributed by atoms with Gasteiger partial charge >= 0.3 is 0 Å². The molecule has 20 heavy (non-hydrogen) atoms. The molecule has 0 radical (unpaired) electrons. The second kappa shape index (κ2) is 8.09. The minimum absolute atomic E-state index is 0.126. The van der Waals surface area contributed by atoms with Crippen LogP contribution in [0, 0.1) is 0 Å². The summed E-state index contributed by atoms with van der Waals surface area (Å²) in [5.41, 5.74) is 0.548. The lowest BCUT2D eigenvalue weighted by molar-refractivity contribution is 0.171. The van der Waals surface area contributed by atoms with Crippen LogP contribution in [-0.4, -0.2) is 33.3 Å². The maximum Gasteiger partial charge on any atom is 0.242 e. The fraction of sp³-hybridized carbons (Fsp3) is 0.538. The van der Waals surface area contributed by atoms with E-state index in [1.165, 1.54) is 6.07 Å². The predicted molar refractivity (Wildman–Crippen MR) is 81.0 cm³/mol. The number of ether oxygens (including phenoxy) is 1. The fourth-order valence-corrected chi connectivity index (χ4v) is 4.13. The van der Waals surface area contributed by atoms with Gasteiger partial charge < -0.3 is 9.84 Å². The molecule has 0 aromatic heterocycles. The van der Waals surface area contributed by atoms with Crippen molar-refractivity contribution in [3.63, 3.8) is 0 Å². The zero-order valence-corrected chi connectivity index (χ0v) is 14.0. The van der Waals surface area contributed by atoms with Crippen LogP contribution in [-0.2, 0) is 21.4 Å². The van der Waals surface area contributed by atoms with Crippen molar-refractivity contribution in [1.82, 2.24) is 4.72 Å². The molecule has 5 nitrogen and oxygen atoms in total. The molecule has 0 bridgehead atoms. The predicted octanol–water partition coefficient (Wildman–Crippen LogP) is 2.03. The molecule has 114 valence electrons.